The van der Waals surface area contributed by atoms with E-state index in [0.29, 0.717) is 12.8 Å². The van der Waals surface area contributed by atoms with Crippen LogP contribution in [0.3, 0.4) is 0 Å². The van der Waals surface area contributed by atoms with Gasteiger partial charge in [0.2, 0.25) is 11.8 Å². The molecule has 0 heterocycles. The summed E-state index contributed by atoms with van der Waals surface area (Å²) >= 11 is 0. The Labute approximate surface area is 148 Å². The molecule has 128 valence electrons. The minimum Gasteiger partial charge on any atom is -0.326 e. The van der Waals surface area contributed by atoms with Gasteiger partial charge in [-0.15, -0.1) is 0 Å². The van der Waals surface area contributed by atoms with E-state index in [2.05, 4.69) is 10.6 Å². The van der Waals surface area contributed by atoms with Crippen molar-refractivity contribution in [3.63, 3.8) is 0 Å². The summed E-state index contributed by atoms with van der Waals surface area (Å²) in [6.07, 6.45) is 5.06. The van der Waals surface area contributed by atoms with Gasteiger partial charge in [0.15, 0.2) is 0 Å². The van der Waals surface area contributed by atoms with Crippen LogP contribution in [0.2, 0.25) is 0 Å². The van der Waals surface area contributed by atoms with Gasteiger partial charge in [0.1, 0.15) is 0 Å². The second-order valence-corrected chi connectivity index (χ2v) is 6.56. The maximum atomic E-state index is 12.9. The Hall–Kier alpha value is -2.88. The van der Waals surface area contributed by atoms with Gasteiger partial charge in [0.25, 0.3) is 0 Å². The second kappa shape index (κ2) is 7.34. The van der Waals surface area contributed by atoms with Crippen LogP contribution in [0, 0.1) is 11.3 Å². The van der Waals surface area contributed by atoms with E-state index in [4.69, 9.17) is 0 Å². The normalized spacial score (nSPS) is 22.2. The van der Waals surface area contributed by atoms with Gasteiger partial charge in [-0.1, -0.05) is 48.6 Å². The van der Waals surface area contributed by atoms with Crippen LogP contribution in [0.1, 0.15) is 19.8 Å². The molecule has 1 aliphatic carbocycles. The van der Waals surface area contributed by atoms with Gasteiger partial charge < -0.3 is 10.6 Å². The molecule has 0 radical (unpaired) electrons. The van der Waals surface area contributed by atoms with Crippen molar-refractivity contribution >= 4 is 23.2 Å². The Bertz CT molecular complexity index is 771. The first-order valence-corrected chi connectivity index (χ1v) is 8.47. The smallest absolute Gasteiger partial charge is 0.231 e. The van der Waals surface area contributed by atoms with Gasteiger partial charge in [-0.05, 0) is 44.0 Å². The van der Waals surface area contributed by atoms with Gasteiger partial charge in [-0.3, -0.25) is 9.59 Å². The first kappa shape index (κ1) is 17.0. The van der Waals surface area contributed by atoms with Gasteiger partial charge >= 0.3 is 0 Å². The third-order valence-electron chi connectivity index (χ3n) is 4.76. The Morgan fingerprint density at radius 1 is 0.880 bits per heavy atom. The molecule has 1 aliphatic rings. The number of carbonyl (C=O) groups is 2. The number of amides is 2. The number of para-hydroxylation sites is 2. The van der Waals surface area contributed by atoms with Crippen LogP contribution in [-0.2, 0) is 9.59 Å². The predicted octanol–water partition coefficient (Wildman–Crippen LogP) is 4.24. The number of rotatable bonds is 4. The summed E-state index contributed by atoms with van der Waals surface area (Å²) in [6, 6.07) is 18.7. The van der Waals surface area contributed by atoms with E-state index in [0.717, 1.165) is 11.4 Å². The fourth-order valence-corrected chi connectivity index (χ4v) is 3.16. The number of hydrogen-bond donors (Lipinski definition) is 2. The van der Waals surface area contributed by atoms with Gasteiger partial charge in [0, 0.05) is 11.4 Å². The largest absolute Gasteiger partial charge is 0.326 e. The first-order chi connectivity index (χ1) is 12.1. The molecular formula is C21H22N2O2. The lowest BCUT2D eigenvalue weighted by Gasteiger charge is -2.36. The fraction of sp³-hybridized carbons (Fsp3) is 0.238. The van der Waals surface area contributed by atoms with Crippen LogP contribution in [-0.4, -0.2) is 11.8 Å². The average molecular weight is 334 g/mol. The Kier molecular flexibility index (Phi) is 4.98. The van der Waals surface area contributed by atoms with Crippen molar-refractivity contribution in [2.24, 2.45) is 11.3 Å². The summed E-state index contributed by atoms with van der Waals surface area (Å²) in [7, 11) is 0. The quantitative estimate of drug-likeness (QED) is 0.822. The van der Waals surface area contributed by atoms with Crippen molar-refractivity contribution in [1.29, 1.82) is 0 Å². The highest BCUT2D eigenvalue weighted by Crippen LogP contribution is 2.39. The van der Waals surface area contributed by atoms with Crippen LogP contribution < -0.4 is 10.6 Å². The average Bonchev–Trinajstić information content (AvgIpc) is 2.63. The third-order valence-corrected chi connectivity index (χ3v) is 4.76. The molecule has 2 N–H and O–H groups in total. The monoisotopic (exact) mass is 334 g/mol. The number of carbonyl (C=O) groups excluding carboxylic acids is 2. The van der Waals surface area contributed by atoms with Gasteiger partial charge in [-0.2, -0.15) is 0 Å². The zero-order valence-corrected chi connectivity index (χ0v) is 14.2. The lowest BCUT2D eigenvalue weighted by Crippen LogP contribution is -2.46. The topological polar surface area (TPSA) is 58.2 Å². The summed E-state index contributed by atoms with van der Waals surface area (Å²) in [5, 5.41) is 5.88. The molecule has 0 aliphatic heterocycles. The third kappa shape index (κ3) is 3.79. The molecule has 2 unspecified atom stereocenters. The molecular weight excluding hydrogens is 312 g/mol. The molecule has 3 rings (SSSR count). The van der Waals surface area contributed by atoms with E-state index in [1.165, 1.54) is 0 Å². The minimum absolute atomic E-state index is 0.124. The van der Waals surface area contributed by atoms with Crippen LogP contribution in [0.4, 0.5) is 11.4 Å². The van der Waals surface area contributed by atoms with E-state index in [1.54, 1.807) is 0 Å². The van der Waals surface area contributed by atoms with Crippen molar-refractivity contribution in [3.8, 4) is 0 Å². The molecule has 0 bridgehead atoms. The number of allylic oxidation sites excluding steroid dienone is 2. The van der Waals surface area contributed by atoms with Gasteiger partial charge in [-0.25, -0.2) is 0 Å². The predicted molar refractivity (Wildman–Crippen MR) is 100 cm³/mol. The van der Waals surface area contributed by atoms with Crippen LogP contribution in [0.25, 0.3) is 0 Å². The number of benzene rings is 2. The van der Waals surface area contributed by atoms with Crippen molar-refractivity contribution < 1.29 is 9.59 Å². The van der Waals surface area contributed by atoms with Crippen molar-refractivity contribution in [2.75, 3.05) is 10.6 Å². The summed E-state index contributed by atoms with van der Waals surface area (Å²) < 4.78 is 0. The molecule has 2 aromatic carbocycles. The van der Waals surface area contributed by atoms with Crippen LogP contribution >= 0.6 is 0 Å². The van der Waals surface area contributed by atoms with Crippen molar-refractivity contribution in [1.82, 2.24) is 0 Å². The molecule has 0 spiro atoms. The maximum Gasteiger partial charge on any atom is 0.231 e. The zero-order chi connectivity index (χ0) is 17.7. The molecule has 0 saturated carbocycles. The highest BCUT2D eigenvalue weighted by Gasteiger charge is 2.45. The summed E-state index contributed by atoms with van der Waals surface area (Å²) in [6.45, 7) is 1.87. The van der Waals surface area contributed by atoms with Gasteiger partial charge in [0.05, 0.1) is 11.3 Å². The molecule has 2 atom stereocenters. The fourth-order valence-electron chi connectivity index (χ4n) is 3.16. The summed E-state index contributed by atoms with van der Waals surface area (Å²) in [5.74, 6) is -0.668. The highest BCUT2D eigenvalue weighted by atomic mass is 16.2. The second-order valence-electron chi connectivity index (χ2n) is 6.56. The molecule has 4 nitrogen and oxygen atoms in total. The highest BCUT2D eigenvalue weighted by molar-refractivity contribution is 6.02. The maximum absolute atomic E-state index is 12.9. The SMILES string of the molecule is CC1(C(=O)Nc2ccccc2)CC=CCC1C(=O)Nc1ccccc1. The Morgan fingerprint density at radius 2 is 1.44 bits per heavy atom. The van der Waals surface area contributed by atoms with E-state index in [-0.39, 0.29) is 11.8 Å². The van der Waals surface area contributed by atoms with Crippen molar-refractivity contribution in [3.05, 3.63) is 72.8 Å². The first-order valence-electron chi connectivity index (χ1n) is 8.47. The van der Waals surface area contributed by atoms with Crippen molar-refractivity contribution in [2.45, 2.75) is 19.8 Å². The lowest BCUT2D eigenvalue weighted by atomic mass is 9.69. The summed E-state index contributed by atoms with van der Waals surface area (Å²) in [4.78, 5) is 25.7. The van der Waals surface area contributed by atoms with E-state index < -0.39 is 11.3 Å². The van der Waals surface area contributed by atoms with E-state index >= 15 is 0 Å². The van der Waals surface area contributed by atoms with Crippen LogP contribution in [0.5, 0.6) is 0 Å². The molecule has 2 amide bonds. The molecule has 0 saturated heterocycles. The Morgan fingerprint density at radius 3 is 2.04 bits per heavy atom. The van der Waals surface area contributed by atoms with E-state index in [1.807, 2.05) is 79.7 Å². The molecule has 0 fully saturated rings. The molecule has 2 aromatic rings. The van der Waals surface area contributed by atoms with Crippen LogP contribution in [0.15, 0.2) is 72.8 Å². The lowest BCUT2D eigenvalue weighted by molar-refractivity contribution is -0.135. The zero-order valence-electron chi connectivity index (χ0n) is 14.2. The molecule has 4 heteroatoms. The minimum atomic E-state index is -0.788. The standard InChI is InChI=1S/C21H22N2O2/c1-21(20(25)23-17-12-6-3-7-13-17)15-9-8-14-18(21)19(24)22-16-10-4-2-5-11-16/h2-13,18H,14-15H2,1H3,(H,22,24)(H,23,25). The number of nitrogens with one attached hydrogen (secondary N) is 2. The number of hydrogen-bond acceptors (Lipinski definition) is 2. The Balaban J connectivity index is 1.78. The van der Waals surface area contributed by atoms with E-state index in [9.17, 15) is 9.59 Å². The number of anilines is 2. The molecule has 25 heavy (non-hydrogen) atoms. The summed E-state index contributed by atoms with van der Waals surface area (Å²) in [5.41, 5.74) is 0.696. The molecule has 0 aromatic heterocycles.